The van der Waals surface area contributed by atoms with Crippen molar-refractivity contribution in [2.75, 3.05) is 7.11 Å². The van der Waals surface area contributed by atoms with Crippen molar-refractivity contribution in [1.82, 2.24) is 4.98 Å². The lowest BCUT2D eigenvalue weighted by Crippen LogP contribution is -2.08. The minimum Gasteiger partial charge on any atom is -0.495 e. The maximum absolute atomic E-state index is 11.0. The Morgan fingerprint density at radius 2 is 2.20 bits per heavy atom. The SMILES string of the molecule is COc1cncc(C(=O)O)c1CC(C)C. The highest BCUT2D eigenvalue weighted by atomic mass is 16.5. The average Bonchev–Trinajstić information content (AvgIpc) is 2.16. The Hall–Kier alpha value is -1.58. The van der Waals surface area contributed by atoms with E-state index in [0.717, 1.165) is 5.56 Å². The number of aromatic carboxylic acids is 1. The number of methoxy groups -OCH3 is 1. The second-order valence-electron chi connectivity index (χ2n) is 3.77. The maximum atomic E-state index is 11.0. The molecule has 0 saturated heterocycles. The smallest absolute Gasteiger partial charge is 0.337 e. The van der Waals surface area contributed by atoms with Crippen LogP contribution in [-0.2, 0) is 6.42 Å². The zero-order valence-electron chi connectivity index (χ0n) is 9.15. The van der Waals surface area contributed by atoms with E-state index in [2.05, 4.69) is 4.98 Å². The van der Waals surface area contributed by atoms with Crippen LogP contribution in [0.25, 0.3) is 0 Å². The maximum Gasteiger partial charge on any atom is 0.337 e. The normalized spacial score (nSPS) is 10.4. The molecule has 15 heavy (non-hydrogen) atoms. The number of hydrogen-bond donors (Lipinski definition) is 1. The molecule has 0 unspecified atom stereocenters. The van der Waals surface area contributed by atoms with Crippen molar-refractivity contribution in [3.63, 3.8) is 0 Å². The summed E-state index contributed by atoms with van der Waals surface area (Å²) in [5, 5.41) is 9.00. The number of hydrogen-bond acceptors (Lipinski definition) is 3. The Bertz CT molecular complexity index is 361. The van der Waals surface area contributed by atoms with Crippen molar-refractivity contribution in [2.45, 2.75) is 20.3 Å². The second kappa shape index (κ2) is 4.77. The van der Waals surface area contributed by atoms with Gasteiger partial charge in [-0.3, -0.25) is 4.98 Å². The molecule has 0 aromatic carbocycles. The number of carbonyl (C=O) groups is 1. The minimum atomic E-state index is -0.961. The fourth-order valence-corrected chi connectivity index (χ4v) is 1.45. The first-order valence-corrected chi connectivity index (χ1v) is 4.80. The third-order valence-corrected chi connectivity index (χ3v) is 2.08. The molecule has 1 heterocycles. The molecule has 1 N–H and O–H groups in total. The van der Waals surface area contributed by atoms with Crippen molar-refractivity contribution in [3.8, 4) is 5.75 Å². The molecule has 0 saturated carbocycles. The molecule has 0 fully saturated rings. The van der Waals surface area contributed by atoms with Crippen LogP contribution in [0.15, 0.2) is 12.4 Å². The van der Waals surface area contributed by atoms with Crippen LogP contribution in [-0.4, -0.2) is 23.2 Å². The average molecular weight is 209 g/mol. The Labute approximate surface area is 88.9 Å². The van der Waals surface area contributed by atoms with E-state index in [9.17, 15) is 4.79 Å². The summed E-state index contributed by atoms with van der Waals surface area (Å²) in [6.45, 7) is 4.07. The Morgan fingerprint density at radius 1 is 1.53 bits per heavy atom. The fourth-order valence-electron chi connectivity index (χ4n) is 1.45. The number of pyridine rings is 1. The van der Waals surface area contributed by atoms with Crippen LogP contribution in [0.1, 0.15) is 29.8 Å². The van der Waals surface area contributed by atoms with Gasteiger partial charge in [0.25, 0.3) is 0 Å². The summed E-state index contributed by atoms with van der Waals surface area (Å²) in [5.74, 6) is -0.0416. The number of carboxylic acids is 1. The van der Waals surface area contributed by atoms with E-state index in [1.165, 1.54) is 13.3 Å². The van der Waals surface area contributed by atoms with Gasteiger partial charge in [0.1, 0.15) is 5.75 Å². The van der Waals surface area contributed by atoms with Crippen molar-refractivity contribution in [2.24, 2.45) is 5.92 Å². The van der Waals surface area contributed by atoms with E-state index in [1.807, 2.05) is 13.8 Å². The van der Waals surface area contributed by atoms with Crippen molar-refractivity contribution in [1.29, 1.82) is 0 Å². The summed E-state index contributed by atoms with van der Waals surface area (Å²) in [6.07, 6.45) is 3.58. The Kier molecular flexibility index (Phi) is 3.66. The molecule has 4 nitrogen and oxygen atoms in total. The van der Waals surface area contributed by atoms with E-state index in [4.69, 9.17) is 9.84 Å². The van der Waals surface area contributed by atoms with Gasteiger partial charge in [-0.15, -0.1) is 0 Å². The van der Waals surface area contributed by atoms with Crippen LogP contribution >= 0.6 is 0 Å². The highest BCUT2D eigenvalue weighted by Gasteiger charge is 2.16. The molecule has 0 atom stereocenters. The predicted octanol–water partition coefficient (Wildman–Crippen LogP) is 1.99. The van der Waals surface area contributed by atoms with Crippen LogP contribution in [0.5, 0.6) is 5.75 Å². The summed E-state index contributed by atoms with van der Waals surface area (Å²) < 4.78 is 5.11. The minimum absolute atomic E-state index is 0.225. The van der Waals surface area contributed by atoms with Gasteiger partial charge in [-0.05, 0) is 12.3 Å². The highest BCUT2D eigenvalue weighted by Crippen LogP contribution is 2.23. The highest BCUT2D eigenvalue weighted by molar-refractivity contribution is 5.89. The van der Waals surface area contributed by atoms with Gasteiger partial charge in [-0.2, -0.15) is 0 Å². The molecule has 4 heteroatoms. The van der Waals surface area contributed by atoms with E-state index in [1.54, 1.807) is 6.20 Å². The summed E-state index contributed by atoms with van der Waals surface area (Å²) in [5.41, 5.74) is 0.943. The molecule has 0 bridgehead atoms. The Morgan fingerprint density at radius 3 is 2.67 bits per heavy atom. The number of aromatic nitrogens is 1. The topological polar surface area (TPSA) is 59.4 Å². The van der Waals surface area contributed by atoms with E-state index < -0.39 is 5.97 Å². The van der Waals surface area contributed by atoms with E-state index >= 15 is 0 Å². The number of ether oxygens (including phenoxy) is 1. The van der Waals surface area contributed by atoms with E-state index in [-0.39, 0.29) is 5.56 Å². The third-order valence-electron chi connectivity index (χ3n) is 2.08. The van der Waals surface area contributed by atoms with Gasteiger partial charge in [-0.1, -0.05) is 13.8 Å². The first-order valence-electron chi connectivity index (χ1n) is 4.80. The third kappa shape index (κ3) is 2.68. The van der Waals surface area contributed by atoms with Gasteiger partial charge in [0.05, 0.1) is 18.9 Å². The van der Waals surface area contributed by atoms with Crippen molar-refractivity contribution in [3.05, 3.63) is 23.5 Å². The van der Waals surface area contributed by atoms with Crippen LogP contribution in [0.4, 0.5) is 0 Å². The number of rotatable bonds is 4. The lowest BCUT2D eigenvalue weighted by Gasteiger charge is -2.12. The quantitative estimate of drug-likeness (QED) is 0.823. The van der Waals surface area contributed by atoms with Crippen molar-refractivity contribution >= 4 is 5.97 Å². The number of nitrogens with zero attached hydrogens (tertiary/aromatic N) is 1. The second-order valence-corrected chi connectivity index (χ2v) is 3.77. The zero-order valence-corrected chi connectivity index (χ0v) is 9.15. The summed E-state index contributed by atoms with van der Waals surface area (Å²) in [6, 6.07) is 0. The molecule has 0 radical (unpaired) electrons. The first-order chi connectivity index (χ1) is 7.06. The molecular weight excluding hydrogens is 194 g/mol. The van der Waals surface area contributed by atoms with Crippen LogP contribution < -0.4 is 4.74 Å². The summed E-state index contributed by atoms with van der Waals surface area (Å²) in [7, 11) is 1.52. The van der Waals surface area contributed by atoms with Crippen LogP contribution in [0, 0.1) is 5.92 Å². The monoisotopic (exact) mass is 209 g/mol. The molecule has 1 aromatic heterocycles. The molecule has 0 aliphatic carbocycles. The van der Waals surface area contributed by atoms with E-state index in [0.29, 0.717) is 18.1 Å². The molecule has 0 spiro atoms. The van der Waals surface area contributed by atoms with Gasteiger partial charge in [-0.25, -0.2) is 4.79 Å². The summed E-state index contributed by atoms with van der Waals surface area (Å²) >= 11 is 0. The molecule has 1 rings (SSSR count). The number of carboxylic acid groups (broad SMARTS) is 1. The van der Waals surface area contributed by atoms with Crippen LogP contribution in [0.2, 0.25) is 0 Å². The van der Waals surface area contributed by atoms with Gasteiger partial charge in [0, 0.05) is 11.8 Å². The molecule has 0 amide bonds. The van der Waals surface area contributed by atoms with Gasteiger partial charge >= 0.3 is 5.97 Å². The van der Waals surface area contributed by atoms with Gasteiger partial charge < -0.3 is 9.84 Å². The fraction of sp³-hybridized carbons (Fsp3) is 0.455. The molecule has 82 valence electrons. The molecule has 1 aromatic rings. The molecule has 0 aliphatic rings. The van der Waals surface area contributed by atoms with Crippen LogP contribution in [0.3, 0.4) is 0 Å². The van der Waals surface area contributed by atoms with Crippen molar-refractivity contribution < 1.29 is 14.6 Å². The zero-order chi connectivity index (χ0) is 11.4. The standard InChI is InChI=1S/C11H15NO3/c1-7(2)4-8-9(11(13)14)5-12-6-10(8)15-3/h5-7H,4H2,1-3H3,(H,13,14). The molecular formula is C11H15NO3. The van der Waals surface area contributed by atoms with Gasteiger partial charge in [0.15, 0.2) is 0 Å². The lowest BCUT2D eigenvalue weighted by molar-refractivity contribution is 0.0694. The Balaban J connectivity index is 3.20. The predicted molar refractivity (Wildman–Crippen MR) is 56.3 cm³/mol. The summed E-state index contributed by atoms with van der Waals surface area (Å²) in [4.78, 5) is 14.8. The van der Waals surface area contributed by atoms with Gasteiger partial charge in [0.2, 0.25) is 0 Å². The first kappa shape index (κ1) is 11.5. The lowest BCUT2D eigenvalue weighted by atomic mass is 9.99. The largest absolute Gasteiger partial charge is 0.495 e. The molecule has 0 aliphatic heterocycles.